The summed E-state index contributed by atoms with van der Waals surface area (Å²) in [6.45, 7) is 0. The molecule has 15 heavy (non-hydrogen) atoms. The third-order valence-electron chi connectivity index (χ3n) is 2.85. The van der Waals surface area contributed by atoms with Gasteiger partial charge >= 0.3 is 0 Å². The molecule has 0 unspecified atom stereocenters. The van der Waals surface area contributed by atoms with Crippen molar-refractivity contribution in [3.8, 4) is 6.07 Å². The average molecular weight is 220 g/mol. The van der Waals surface area contributed by atoms with Crippen LogP contribution in [0, 0.1) is 17.2 Å². The SMILES string of the molecule is N#Cc1ccc(C(=O)C2CCC2)cc1Cl. The van der Waals surface area contributed by atoms with Crippen LogP contribution < -0.4 is 0 Å². The van der Waals surface area contributed by atoms with Gasteiger partial charge in [-0.3, -0.25) is 4.79 Å². The minimum Gasteiger partial charge on any atom is -0.294 e. The van der Waals surface area contributed by atoms with E-state index < -0.39 is 0 Å². The van der Waals surface area contributed by atoms with Crippen molar-refractivity contribution in [3.63, 3.8) is 0 Å². The predicted molar refractivity (Wildman–Crippen MR) is 57.8 cm³/mol. The van der Waals surface area contributed by atoms with E-state index in [-0.39, 0.29) is 11.7 Å². The number of ketones is 1. The topological polar surface area (TPSA) is 40.9 Å². The highest BCUT2D eigenvalue weighted by Gasteiger charge is 2.26. The minimum absolute atomic E-state index is 0.160. The second-order valence-electron chi connectivity index (χ2n) is 3.80. The van der Waals surface area contributed by atoms with Crippen LogP contribution in [0.4, 0.5) is 0 Å². The van der Waals surface area contributed by atoms with Crippen LogP contribution in [0.3, 0.4) is 0 Å². The maximum Gasteiger partial charge on any atom is 0.165 e. The molecule has 0 heterocycles. The Balaban J connectivity index is 2.26. The first kappa shape index (κ1) is 10.2. The lowest BCUT2D eigenvalue weighted by Gasteiger charge is -2.23. The van der Waals surface area contributed by atoms with Crippen LogP contribution >= 0.6 is 11.6 Å². The third kappa shape index (κ3) is 1.88. The molecule has 0 bridgehead atoms. The van der Waals surface area contributed by atoms with Crippen molar-refractivity contribution in [2.24, 2.45) is 5.92 Å². The molecule has 0 saturated heterocycles. The van der Waals surface area contributed by atoms with Crippen molar-refractivity contribution in [3.05, 3.63) is 34.3 Å². The number of hydrogen-bond acceptors (Lipinski definition) is 2. The molecule has 2 nitrogen and oxygen atoms in total. The van der Waals surface area contributed by atoms with E-state index in [0.717, 1.165) is 19.3 Å². The first-order chi connectivity index (χ1) is 7.22. The van der Waals surface area contributed by atoms with Gasteiger partial charge in [0.2, 0.25) is 0 Å². The number of nitriles is 1. The Morgan fingerprint density at radius 1 is 1.47 bits per heavy atom. The van der Waals surface area contributed by atoms with Gasteiger partial charge in [-0.25, -0.2) is 0 Å². The molecule has 0 spiro atoms. The highest BCUT2D eigenvalue weighted by atomic mass is 35.5. The number of halogens is 1. The summed E-state index contributed by atoms with van der Waals surface area (Å²) in [4.78, 5) is 11.8. The van der Waals surface area contributed by atoms with Gasteiger partial charge in [0.1, 0.15) is 6.07 Å². The second-order valence-corrected chi connectivity index (χ2v) is 4.21. The maximum atomic E-state index is 11.8. The first-order valence-corrected chi connectivity index (χ1v) is 5.34. The van der Waals surface area contributed by atoms with E-state index in [9.17, 15) is 4.79 Å². The standard InChI is InChI=1S/C12H10ClNO/c13-11-6-9(4-5-10(11)7-14)12(15)8-2-1-3-8/h4-6,8H,1-3H2. The average Bonchev–Trinajstić information content (AvgIpc) is 2.15. The summed E-state index contributed by atoms with van der Waals surface area (Å²) in [7, 11) is 0. The lowest BCUT2D eigenvalue weighted by atomic mass is 9.80. The molecule has 2 rings (SSSR count). The highest BCUT2D eigenvalue weighted by molar-refractivity contribution is 6.32. The molecule has 1 aromatic carbocycles. The molecule has 0 aliphatic heterocycles. The Kier molecular flexibility index (Phi) is 2.75. The lowest BCUT2D eigenvalue weighted by molar-refractivity contribution is 0.0855. The van der Waals surface area contributed by atoms with Crippen LogP contribution in [0.15, 0.2) is 18.2 Å². The number of Topliss-reactive ketones (excluding diaryl/α,β-unsaturated/α-hetero) is 1. The number of rotatable bonds is 2. The molecule has 1 saturated carbocycles. The molecular formula is C12H10ClNO. The Bertz CT molecular complexity index is 443. The van der Waals surface area contributed by atoms with Crippen molar-refractivity contribution >= 4 is 17.4 Å². The highest BCUT2D eigenvalue weighted by Crippen LogP contribution is 2.30. The second kappa shape index (κ2) is 4.04. The molecule has 0 N–H and O–H groups in total. The van der Waals surface area contributed by atoms with Gasteiger partial charge in [0, 0.05) is 11.5 Å². The first-order valence-electron chi connectivity index (χ1n) is 4.96. The van der Waals surface area contributed by atoms with E-state index in [1.165, 1.54) is 0 Å². The van der Waals surface area contributed by atoms with Gasteiger partial charge in [0.25, 0.3) is 0 Å². The monoisotopic (exact) mass is 219 g/mol. The number of carbonyl (C=O) groups excluding carboxylic acids is 1. The largest absolute Gasteiger partial charge is 0.294 e. The van der Waals surface area contributed by atoms with Crippen LogP contribution in [0.25, 0.3) is 0 Å². The summed E-state index contributed by atoms with van der Waals surface area (Å²) in [5, 5.41) is 9.06. The van der Waals surface area contributed by atoms with Crippen molar-refractivity contribution in [1.82, 2.24) is 0 Å². The van der Waals surface area contributed by atoms with Crippen LogP contribution in [0.5, 0.6) is 0 Å². The van der Waals surface area contributed by atoms with Gasteiger partial charge in [-0.1, -0.05) is 18.0 Å². The van der Waals surface area contributed by atoms with Gasteiger partial charge in [0.15, 0.2) is 5.78 Å². The van der Waals surface area contributed by atoms with Gasteiger partial charge in [-0.2, -0.15) is 5.26 Å². The van der Waals surface area contributed by atoms with E-state index in [4.69, 9.17) is 16.9 Å². The normalized spacial score (nSPS) is 15.5. The number of benzene rings is 1. The van der Waals surface area contributed by atoms with E-state index in [1.807, 2.05) is 6.07 Å². The zero-order valence-electron chi connectivity index (χ0n) is 8.16. The third-order valence-corrected chi connectivity index (χ3v) is 3.16. The van der Waals surface area contributed by atoms with Crippen molar-refractivity contribution in [2.45, 2.75) is 19.3 Å². The molecule has 0 amide bonds. The number of hydrogen-bond donors (Lipinski definition) is 0. The molecule has 1 aliphatic rings. The summed E-state index contributed by atoms with van der Waals surface area (Å²) in [6, 6.07) is 6.86. The van der Waals surface area contributed by atoms with Crippen LogP contribution in [0.2, 0.25) is 5.02 Å². The van der Waals surface area contributed by atoms with E-state index >= 15 is 0 Å². The van der Waals surface area contributed by atoms with Crippen LogP contribution in [-0.4, -0.2) is 5.78 Å². The van der Waals surface area contributed by atoms with Crippen molar-refractivity contribution < 1.29 is 4.79 Å². The minimum atomic E-state index is 0.160. The van der Waals surface area contributed by atoms with Gasteiger partial charge in [-0.05, 0) is 31.0 Å². The Labute approximate surface area is 93.5 Å². The van der Waals surface area contributed by atoms with Crippen LogP contribution in [0.1, 0.15) is 35.2 Å². The fourth-order valence-corrected chi connectivity index (χ4v) is 1.89. The summed E-state index contributed by atoms with van der Waals surface area (Å²) < 4.78 is 0. The molecule has 3 heteroatoms. The molecule has 0 aromatic heterocycles. The van der Waals surface area contributed by atoms with Crippen molar-refractivity contribution in [1.29, 1.82) is 5.26 Å². The van der Waals surface area contributed by atoms with Crippen LogP contribution in [-0.2, 0) is 0 Å². The van der Waals surface area contributed by atoms with Gasteiger partial charge < -0.3 is 0 Å². The van der Waals surface area contributed by atoms with E-state index in [0.29, 0.717) is 16.1 Å². The van der Waals surface area contributed by atoms with E-state index in [1.54, 1.807) is 18.2 Å². The fraction of sp³-hybridized carbons (Fsp3) is 0.333. The Hall–Kier alpha value is -1.33. The zero-order valence-corrected chi connectivity index (χ0v) is 8.92. The fourth-order valence-electron chi connectivity index (χ4n) is 1.67. The maximum absolute atomic E-state index is 11.8. The molecule has 1 aromatic rings. The Morgan fingerprint density at radius 3 is 2.67 bits per heavy atom. The molecule has 76 valence electrons. The van der Waals surface area contributed by atoms with E-state index in [2.05, 4.69) is 0 Å². The number of nitrogens with zero attached hydrogens (tertiary/aromatic N) is 1. The van der Waals surface area contributed by atoms with Crippen molar-refractivity contribution in [2.75, 3.05) is 0 Å². The Morgan fingerprint density at radius 2 is 2.20 bits per heavy atom. The number of carbonyl (C=O) groups is 1. The molecule has 1 aliphatic carbocycles. The predicted octanol–water partition coefficient (Wildman–Crippen LogP) is 3.19. The molecular weight excluding hydrogens is 210 g/mol. The molecule has 0 radical (unpaired) electrons. The smallest absolute Gasteiger partial charge is 0.165 e. The zero-order chi connectivity index (χ0) is 10.8. The lowest BCUT2D eigenvalue weighted by Crippen LogP contribution is -2.21. The summed E-state index contributed by atoms with van der Waals surface area (Å²) in [5.74, 6) is 0.335. The summed E-state index contributed by atoms with van der Waals surface area (Å²) in [6.07, 6.45) is 3.10. The summed E-state index contributed by atoms with van der Waals surface area (Å²) >= 11 is 5.86. The quantitative estimate of drug-likeness (QED) is 0.717. The van der Waals surface area contributed by atoms with Gasteiger partial charge in [0.05, 0.1) is 10.6 Å². The molecule has 0 atom stereocenters. The summed E-state index contributed by atoms with van der Waals surface area (Å²) in [5.41, 5.74) is 1.05. The molecule has 1 fully saturated rings. The van der Waals surface area contributed by atoms with Gasteiger partial charge in [-0.15, -0.1) is 0 Å².